The topological polar surface area (TPSA) is 52.6 Å². The quantitative estimate of drug-likeness (QED) is 0.343. The summed E-state index contributed by atoms with van der Waals surface area (Å²) in [4.78, 5) is 10.1. The zero-order chi connectivity index (χ0) is 7.28. The first-order valence-corrected chi connectivity index (χ1v) is 3.05. The molecule has 5 heteroatoms. The van der Waals surface area contributed by atoms with Gasteiger partial charge in [-0.05, 0) is 6.92 Å². The molecule has 0 aliphatic rings. The van der Waals surface area contributed by atoms with Crippen LogP contribution in [-0.4, -0.2) is 12.3 Å². The normalized spacial score (nSPS) is 13.1. The zero-order valence-corrected chi connectivity index (χ0v) is 6.05. The second kappa shape index (κ2) is 4.41. The lowest BCUT2D eigenvalue weighted by atomic mass is 10.7. The SMILES string of the molecule is CC(=O)OC(C)OP=O. The molecule has 0 N–H and O–H groups in total. The molecule has 0 aromatic carbocycles. The van der Waals surface area contributed by atoms with Gasteiger partial charge in [0, 0.05) is 6.92 Å². The number of ether oxygens (including phenoxy) is 1. The van der Waals surface area contributed by atoms with Crippen molar-refractivity contribution in [2.45, 2.75) is 20.1 Å². The first-order valence-electron chi connectivity index (χ1n) is 2.32. The highest BCUT2D eigenvalue weighted by Crippen LogP contribution is 2.02. The van der Waals surface area contributed by atoms with Crippen LogP contribution < -0.4 is 0 Å². The summed E-state index contributed by atoms with van der Waals surface area (Å²) in [5.74, 6) is -0.453. The van der Waals surface area contributed by atoms with Crippen LogP contribution in [0.15, 0.2) is 0 Å². The number of hydrogen-bond acceptors (Lipinski definition) is 4. The third kappa shape index (κ3) is 5.40. The molecule has 0 aromatic heterocycles. The Kier molecular flexibility index (Phi) is 4.18. The maximum atomic E-state index is 10.1. The molecule has 1 atom stereocenters. The second-order valence-electron chi connectivity index (χ2n) is 1.36. The van der Waals surface area contributed by atoms with Crippen molar-refractivity contribution in [3.8, 4) is 0 Å². The predicted octanol–water partition coefficient (Wildman–Crippen LogP) is 1.12. The summed E-state index contributed by atoms with van der Waals surface area (Å²) in [6, 6.07) is 0. The van der Waals surface area contributed by atoms with Gasteiger partial charge in [-0.2, -0.15) is 0 Å². The Morgan fingerprint density at radius 1 is 1.67 bits per heavy atom. The van der Waals surface area contributed by atoms with Crippen molar-refractivity contribution in [3.63, 3.8) is 0 Å². The number of carbonyl (C=O) groups is 1. The standard InChI is InChI=1S/C4H7O4P/c1-3(5)7-4(2)8-9-6/h4H,1-2H3. The monoisotopic (exact) mass is 150 g/mol. The molecular formula is C4H7O4P. The van der Waals surface area contributed by atoms with Crippen LogP contribution in [0.3, 0.4) is 0 Å². The summed E-state index contributed by atoms with van der Waals surface area (Å²) in [7, 11) is -0.483. The van der Waals surface area contributed by atoms with E-state index in [0.29, 0.717) is 0 Å². The van der Waals surface area contributed by atoms with E-state index in [9.17, 15) is 9.36 Å². The first kappa shape index (κ1) is 8.53. The lowest BCUT2D eigenvalue weighted by Crippen LogP contribution is -2.11. The van der Waals surface area contributed by atoms with Crippen LogP contribution in [0.5, 0.6) is 0 Å². The zero-order valence-electron chi connectivity index (χ0n) is 5.16. The molecule has 0 fully saturated rings. The van der Waals surface area contributed by atoms with Gasteiger partial charge in [0.25, 0.3) is 0 Å². The fourth-order valence-corrected chi connectivity index (χ4v) is 0.480. The van der Waals surface area contributed by atoms with Crippen LogP contribution in [0, 0.1) is 0 Å². The van der Waals surface area contributed by atoms with E-state index in [0.717, 1.165) is 0 Å². The van der Waals surface area contributed by atoms with Crippen molar-refractivity contribution in [2.24, 2.45) is 0 Å². The minimum Gasteiger partial charge on any atom is -0.435 e. The first-order chi connectivity index (χ1) is 4.16. The molecule has 9 heavy (non-hydrogen) atoms. The third-order valence-electron chi connectivity index (χ3n) is 0.523. The number of esters is 1. The van der Waals surface area contributed by atoms with E-state index in [2.05, 4.69) is 9.26 Å². The smallest absolute Gasteiger partial charge is 0.330 e. The van der Waals surface area contributed by atoms with Crippen molar-refractivity contribution in [2.75, 3.05) is 0 Å². The van der Waals surface area contributed by atoms with Gasteiger partial charge in [-0.25, -0.2) is 4.57 Å². The third-order valence-corrected chi connectivity index (χ3v) is 0.906. The van der Waals surface area contributed by atoms with E-state index in [4.69, 9.17) is 0 Å². The van der Waals surface area contributed by atoms with Gasteiger partial charge in [0.2, 0.25) is 6.29 Å². The van der Waals surface area contributed by atoms with Crippen LogP contribution in [0.2, 0.25) is 0 Å². The summed E-state index contributed by atoms with van der Waals surface area (Å²) < 4.78 is 18.4. The molecule has 0 aromatic rings. The lowest BCUT2D eigenvalue weighted by molar-refractivity contribution is -0.157. The van der Waals surface area contributed by atoms with Crippen LogP contribution in [0.1, 0.15) is 13.8 Å². The molecule has 0 aliphatic carbocycles. The van der Waals surface area contributed by atoms with Gasteiger partial charge in [0.05, 0.1) is 0 Å². The van der Waals surface area contributed by atoms with Gasteiger partial charge in [0.1, 0.15) is 0 Å². The molecule has 0 bridgehead atoms. The molecule has 1 unspecified atom stereocenters. The van der Waals surface area contributed by atoms with Crippen molar-refractivity contribution in [1.29, 1.82) is 0 Å². The average Bonchev–Trinajstić information content (AvgIpc) is 1.63. The minimum absolute atomic E-state index is 0.453. The Labute approximate surface area is 54.4 Å². The molecule has 52 valence electrons. The fraction of sp³-hybridized carbons (Fsp3) is 0.750. The number of rotatable bonds is 3. The van der Waals surface area contributed by atoms with E-state index in [1.54, 1.807) is 0 Å². The van der Waals surface area contributed by atoms with E-state index < -0.39 is 20.9 Å². The second-order valence-corrected chi connectivity index (χ2v) is 1.72. The van der Waals surface area contributed by atoms with Crippen LogP contribution in [0.4, 0.5) is 0 Å². The summed E-state index contributed by atoms with van der Waals surface area (Å²) in [6.07, 6.45) is -0.735. The molecule has 0 rings (SSSR count). The van der Waals surface area contributed by atoms with Gasteiger partial charge in [-0.3, -0.25) is 9.32 Å². The molecule has 0 spiro atoms. The van der Waals surface area contributed by atoms with Gasteiger partial charge in [-0.1, -0.05) is 0 Å². The van der Waals surface area contributed by atoms with Crippen molar-refractivity contribution in [1.82, 2.24) is 0 Å². The Hall–Kier alpha value is -0.470. The molecule has 0 amide bonds. The van der Waals surface area contributed by atoms with Gasteiger partial charge in [-0.15, -0.1) is 0 Å². The van der Waals surface area contributed by atoms with Crippen LogP contribution in [0.25, 0.3) is 0 Å². The Morgan fingerprint density at radius 2 is 2.22 bits per heavy atom. The predicted molar refractivity (Wildman–Crippen MR) is 29.9 cm³/mol. The van der Waals surface area contributed by atoms with E-state index in [1.165, 1.54) is 13.8 Å². The summed E-state index contributed by atoms with van der Waals surface area (Å²) in [5.41, 5.74) is 0. The Morgan fingerprint density at radius 3 is 2.56 bits per heavy atom. The van der Waals surface area contributed by atoms with Crippen molar-refractivity contribution >= 4 is 14.7 Å². The molecule has 4 nitrogen and oxygen atoms in total. The summed E-state index contributed by atoms with van der Waals surface area (Å²) >= 11 is 0. The van der Waals surface area contributed by atoms with E-state index in [1.807, 2.05) is 0 Å². The van der Waals surface area contributed by atoms with E-state index in [-0.39, 0.29) is 0 Å². The fourth-order valence-electron chi connectivity index (χ4n) is 0.316. The highest BCUT2D eigenvalue weighted by atomic mass is 31.1. The average molecular weight is 150 g/mol. The molecule has 0 saturated carbocycles. The summed E-state index contributed by atoms with van der Waals surface area (Å²) in [6.45, 7) is 2.73. The number of hydrogen-bond donors (Lipinski definition) is 0. The van der Waals surface area contributed by atoms with Crippen LogP contribution in [-0.2, 0) is 18.6 Å². The Bertz CT molecular complexity index is 113. The largest absolute Gasteiger partial charge is 0.435 e. The van der Waals surface area contributed by atoms with Crippen molar-refractivity contribution in [3.05, 3.63) is 0 Å². The Balaban J connectivity index is 3.37. The van der Waals surface area contributed by atoms with Gasteiger partial charge in [0.15, 0.2) is 0 Å². The lowest BCUT2D eigenvalue weighted by Gasteiger charge is -2.05. The van der Waals surface area contributed by atoms with E-state index >= 15 is 0 Å². The highest BCUT2D eigenvalue weighted by molar-refractivity contribution is 7.17. The van der Waals surface area contributed by atoms with Crippen molar-refractivity contribution < 1.29 is 18.6 Å². The molecule has 0 aliphatic heterocycles. The van der Waals surface area contributed by atoms with Crippen LogP contribution >= 0.6 is 8.69 Å². The maximum absolute atomic E-state index is 10.1. The minimum atomic E-state index is -0.735. The maximum Gasteiger partial charge on any atom is 0.330 e. The molecule has 0 radical (unpaired) electrons. The van der Waals surface area contributed by atoms with Gasteiger partial charge < -0.3 is 4.74 Å². The molecule has 0 heterocycles. The number of carbonyl (C=O) groups excluding carboxylic acids is 1. The molecule has 0 saturated heterocycles. The van der Waals surface area contributed by atoms with Gasteiger partial charge >= 0.3 is 14.7 Å². The summed E-state index contributed by atoms with van der Waals surface area (Å²) in [5, 5.41) is 0. The highest BCUT2D eigenvalue weighted by Gasteiger charge is 2.03. The molecular weight excluding hydrogens is 143 g/mol.